The van der Waals surface area contributed by atoms with Crippen LogP contribution >= 0.6 is 0 Å². The van der Waals surface area contributed by atoms with Crippen LogP contribution in [0.4, 0.5) is 16.2 Å². The van der Waals surface area contributed by atoms with Gasteiger partial charge in [0.2, 0.25) is 0 Å². The highest BCUT2D eigenvalue weighted by Crippen LogP contribution is 2.45. The van der Waals surface area contributed by atoms with Gasteiger partial charge in [-0.1, -0.05) is 42.5 Å². The van der Waals surface area contributed by atoms with E-state index in [1.165, 1.54) is 0 Å². The maximum Gasteiger partial charge on any atom is 0.414 e. The van der Waals surface area contributed by atoms with Gasteiger partial charge in [0, 0.05) is 11.7 Å². The highest BCUT2D eigenvalue weighted by atomic mass is 16.6. The number of ether oxygens (including phenoxy) is 1. The van der Waals surface area contributed by atoms with Crippen molar-refractivity contribution in [2.24, 2.45) is 5.92 Å². The van der Waals surface area contributed by atoms with Crippen LogP contribution in [0.1, 0.15) is 24.0 Å². The number of benzene rings is 2. The number of amides is 1. The molecule has 2 aromatic carbocycles. The van der Waals surface area contributed by atoms with E-state index in [1.807, 2.05) is 47.4 Å². The molecule has 1 fully saturated rings. The lowest BCUT2D eigenvalue weighted by atomic mass is 9.72. The number of hydrogen-bond donors (Lipinski definition) is 0. The van der Waals surface area contributed by atoms with E-state index in [4.69, 9.17) is 11.3 Å². The van der Waals surface area contributed by atoms with Crippen molar-refractivity contribution in [3.8, 4) is 0 Å². The molecule has 1 amide bonds. The van der Waals surface area contributed by atoms with E-state index in [0.29, 0.717) is 11.6 Å². The molecule has 0 radical (unpaired) electrons. The largest absolute Gasteiger partial charge is 0.444 e. The van der Waals surface area contributed by atoms with Crippen molar-refractivity contribution >= 4 is 17.5 Å². The standard InChI is InChI=1S/C20H18N2O2/c1-21-17-8-10-19-16(12-17)11-15-7-9-18(15)22(19)20(23)24-13-14-5-3-2-4-6-14/h2-6,8,10,12,15,18H,7,9,11,13H2. The molecule has 1 aliphatic heterocycles. The predicted molar refractivity (Wildman–Crippen MR) is 92.0 cm³/mol. The van der Waals surface area contributed by atoms with Gasteiger partial charge in [0.15, 0.2) is 5.69 Å². The van der Waals surface area contributed by atoms with Crippen LogP contribution < -0.4 is 4.90 Å². The van der Waals surface area contributed by atoms with Crippen LogP contribution in [0.15, 0.2) is 48.5 Å². The second-order valence-corrected chi connectivity index (χ2v) is 6.44. The van der Waals surface area contributed by atoms with Gasteiger partial charge in [0.05, 0.1) is 6.57 Å². The first-order valence-corrected chi connectivity index (χ1v) is 8.26. The summed E-state index contributed by atoms with van der Waals surface area (Å²) >= 11 is 0. The van der Waals surface area contributed by atoms with Crippen molar-refractivity contribution < 1.29 is 9.53 Å². The van der Waals surface area contributed by atoms with E-state index in [0.717, 1.165) is 36.1 Å². The Kier molecular flexibility index (Phi) is 3.70. The minimum Gasteiger partial charge on any atom is -0.444 e. The molecule has 0 spiro atoms. The fourth-order valence-electron chi connectivity index (χ4n) is 3.65. The molecule has 1 heterocycles. The number of carbonyl (C=O) groups is 1. The van der Waals surface area contributed by atoms with Gasteiger partial charge >= 0.3 is 6.09 Å². The van der Waals surface area contributed by atoms with E-state index >= 15 is 0 Å². The zero-order valence-electron chi connectivity index (χ0n) is 13.3. The lowest BCUT2D eigenvalue weighted by Crippen LogP contribution is -2.54. The Labute approximate surface area is 141 Å². The fourth-order valence-corrected chi connectivity index (χ4v) is 3.65. The highest BCUT2D eigenvalue weighted by Gasteiger charge is 2.43. The second kappa shape index (κ2) is 6.01. The molecule has 24 heavy (non-hydrogen) atoms. The summed E-state index contributed by atoms with van der Waals surface area (Å²) in [7, 11) is 0. The molecular weight excluding hydrogens is 300 g/mol. The van der Waals surface area contributed by atoms with Gasteiger partial charge in [-0.05, 0) is 42.4 Å². The molecule has 0 bridgehead atoms. The number of hydrogen-bond acceptors (Lipinski definition) is 2. The van der Waals surface area contributed by atoms with Crippen molar-refractivity contribution in [3.63, 3.8) is 0 Å². The Hall–Kier alpha value is -2.80. The van der Waals surface area contributed by atoms with Gasteiger partial charge in [0.1, 0.15) is 6.61 Å². The molecular formula is C20H18N2O2. The van der Waals surface area contributed by atoms with Crippen LogP contribution in [0.2, 0.25) is 0 Å². The Morgan fingerprint density at radius 2 is 2.04 bits per heavy atom. The molecule has 120 valence electrons. The molecule has 4 heteroatoms. The van der Waals surface area contributed by atoms with Crippen LogP contribution in [0, 0.1) is 12.5 Å². The minimum absolute atomic E-state index is 0.236. The molecule has 0 aromatic heterocycles. The fraction of sp³-hybridized carbons (Fsp3) is 0.300. The molecule has 2 unspecified atom stereocenters. The maximum absolute atomic E-state index is 12.7. The monoisotopic (exact) mass is 318 g/mol. The number of rotatable bonds is 2. The summed E-state index contributed by atoms with van der Waals surface area (Å²) in [6.07, 6.45) is 2.82. The topological polar surface area (TPSA) is 33.9 Å². The number of nitrogens with zero attached hydrogens (tertiary/aromatic N) is 2. The van der Waals surface area contributed by atoms with Crippen LogP contribution in [-0.4, -0.2) is 12.1 Å². The van der Waals surface area contributed by atoms with Crippen molar-refractivity contribution in [3.05, 3.63) is 71.1 Å². The van der Waals surface area contributed by atoms with E-state index in [9.17, 15) is 4.79 Å². The normalized spacial score (nSPS) is 21.0. The van der Waals surface area contributed by atoms with Crippen LogP contribution in [0.25, 0.3) is 4.85 Å². The van der Waals surface area contributed by atoms with E-state index in [2.05, 4.69) is 4.85 Å². The summed E-state index contributed by atoms with van der Waals surface area (Å²) in [6, 6.07) is 15.5. The van der Waals surface area contributed by atoms with Crippen molar-refractivity contribution in [2.45, 2.75) is 31.9 Å². The third-order valence-electron chi connectivity index (χ3n) is 5.04. The Bertz CT molecular complexity index is 810. The van der Waals surface area contributed by atoms with Gasteiger partial charge in [-0.3, -0.25) is 4.90 Å². The molecule has 1 saturated carbocycles. The SMILES string of the molecule is [C-]#[N+]c1ccc2c(c1)CC1CCC1N2C(=O)OCc1ccccc1. The van der Waals surface area contributed by atoms with Gasteiger partial charge in [-0.25, -0.2) is 9.64 Å². The van der Waals surface area contributed by atoms with E-state index in [1.54, 1.807) is 6.07 Å². The van der Waals surface area contributed by atoms with Crippen LogP contribution in [0.3, 0.4) is 0 Å². The quantitative estimate of drug-likeness (QED) is 0.751. The molecule has 0 saturated heterocycles. The smallest absolute Gasteiger partial charge is 0.414 e. The number of fused-ring (bicyclic) bond motifs is 2. The average Bonchev–Trinajstić information content (AvgIpc) is 2.61. The van der Waals surface area contributed by atoms with Crippen molar-refractivity contribution in [1.82, 2.24) is 0 Å². The summed E-state index contributed by atoms with van der Waals surface area (Å²) in [5, 5.41) is 0. The van der Waals surface area contributed by atoms with Gasteiger partial charge < -0.3 is 4.74 Å². The predicted octanol–water partition coefficient (Wildman–Crippen LogP) is 4.72. The summed E-state index contributed by atoms with van der Waals surface area (Å²) in [6.45, 7) is 7.46. The molecule has 4 nitrogen and oxygen atoms in total. The first-order chi connectivity index (χ1) is 11.8. The highest BCUT2D eigenvalue weighted by molar-refractivity contribution is 5.91. The molecule has 2 aliphatic rings. The summed E-state index contributed by atoms with van der Waals surface area (Å²) in [4.78, 5) is 18.0. The van der Waals surface area contributed by atoms with E-state index < -0.39 is 0 Å². The summed E-state index contributed by atoms with van der Waals surface area (Å²) in [5.74, 6) is 0.489. The van der Waals surface area contributed by atoms with Gasteiger partial charge in [-0.2, -0.15) is 0 Å². The number of anilines is 1. The third-order valence-corrected chi connectivity index (χ3v) is 5.04. The lowest BCUT2D eigenvalue weighted by molar-refractivity contribution is 0.130. The first-order valence-electron chi connectivity index (χ1n) is 8.26. The molecule has 4 rings (SSSR count). The van der Waals surface area contributed by atoms with E-state index in [-0.39, 0.29) is 18.7 Å². The maximum atomic E-state index is 12.7. The summed E-state index contributed by atoms with van der Waals surface area (Å²) < 4.78 is 5.56. The molecule has 2 atom stereocenters. The lowest BCUT2D eigenvalue weighted by Gasteiger charge is -2.48. The van der Waals surface area contributed by atoms with Gasteiger partial charge in [-0.15, -0.1) is 0 Å². The van der Waals surface area contributed by atoms with Gasteiger partial charge in [0.25, 0.3) is 0 Å². The molecule has 2 aromatic rings. The Morgan fingerprint density at radius 1 is 1.21 bits per heavy atom. The van der Waals surface area contributed by atoms with Crippen LogP contribution in [0.5, 0.6) is 0 Å². The van der Waals surface area contributed by atoms with Crippen molar-refractivity contribution in [2.75, 3.05) is 4.90 Å². The minimum atomic E-state index is -0.287. The third kappa shape index (κ3) is 2.52. The van der Waals surface area contributed by atoms with Crippen molar-refractivity contribution in [1.29, 1.82) is 0 Å². The zero-order valence-corrected chi connectivity index (χ0v) is 13.3. The number of carbonyl (C=O) groups excluding carboxylic acids is 1. The average molecular weight is 318 g/mol. The first kappa shape index (κ1) is 14.8. The summed E-state index contributed by atoms with van der Waals surface area (Å²) in [5.41, 5.74) is 3.60. The molecule has 1 aliphatic carbocycles. The Morgan fingerprint density at radius 3 is 2.75 bits per heavy atom. The second-order valence-electron chi connectivity index (χ2n) is 6.44. The Balaban J connectivity index is 1.58. The van der Waals surface area contributed by atoms with Crippen LogP contribution in [-0.2, 0) is 17.8 Å². The zero-order chi connectivity index (χ0) is 16.5. The molecule has 0 N–H and O–H groups in total.